The molecule has 1 rings (SSSR count). The van der Waals surface area contributed by atoms with Gasteiger partial charge in [0.15, 0.2) is 0 Å². The molecule has 0 aliphatic carbocycles. The zero-order chi connectivity index (χ0) is 9.68. The molecule has 13 heavy (non-hydrogen) atoms. The van der Waals surface area contributed by atoms with Gasteiger partial charge in [-0.15, -0.1) is 0 Å². The quantitative estimate of drug-likeness (QED) is 0.545. The standard InChI is InChI=1S/C8H14BrN3O/c9-8(11)5-7(6-10)12-1-3-13-4-2-12/h5-6H,1-4,10-11H2/b7-6+,8-5-. The third-order valence-electron chi connectivity index (χ3n) is 1.83. The van der Waals surface area contributed by atoms with Gasteiger partial charge < -0.3 is 21.1 Å². The van der Waals surface area contributed by atoms with Crippen molar-refractivity contribution in [2.24, 2.45) is 11.5 Å². The van der Waals surface area contributed by atoms with Crippen LogP contribution in [-0.4, -0.2) is 31.2 Å². The van der Waals surface area contributed by atoms with Gasteiger partial charge in [-0.05, 0) is 22.0 Å². The van der Waals surface area contributed by atoms with Gasteiger partial charge in [0.1, 0.15) is 0 Å². The van der Waals surface area contributed by atoms with Gasteiger partial charge in [0, 0.05) is 19.3 Å². The fourth-order valence-electron chi connectivity index (χ4n) is 1.21. The first-order valence-electron chi connectivity index (χ1n) is 4.11. The molecule has 4 N–H and O–H groups in total. The highest BCUT2D eigenvalue weighted by molar-refractivity contribution is 9.11. The first-order chi connectivity index (χ1) is 6.24. The Morgan fingerprint density at radius 2 is 2.00 bits per heavy atom. The molecule has 0 aromatic carbocycles. The van der Waals surface area contributed by atoms with E-state index in [2.05, 4.69) is 20.8 Å². The maximum atomic E-state index is 5.50. The monoisotopic (exact) mass is 247 g/mol. The van der Waals surface area contributed by atoms with Crippen LogP contribution in [-0.2, 0) is 4.74 Å². The molecule has 0 unspecified atom stereocenters. The van der Waals surface area contributed by atoms with E-state index in [1.54, 1.807) is 12.3 Å². The van der Waals surface area contributed by atoms with Crippen LogP contribution in [0.3, 0.4) is 0 Å². The van der Waals surface area contributed by atoms with Crippen molar-refractivity contribution in [2.45, 2.75) is 0 Å². The summed E-state index contributed by atoms with van der Waals surface area (Å²) >= 11 is 3.17. The minimum absolute atomic E-state index is 0.579. The van der Waals surface area contributed by atoms with Crippen molar-refractivity contribution in [1.29, 1.82) is 0 Å². The summed E-state index contributed by atoms with van der Waals surface area (Å²) in [6.07, 6.45) is 3.35. The number of nitrogens with two attached hydrogens (primary N) is 2. The van der Waals surface area contributed by atoms with Crippen molar-refractivity contribution in [2.75, 3.05) is 26.3 Å². The lowest BCUT2D eigenvalue weighted by atomic mass is 10.3. The first-order valence-corrected chi connectivity index (χ1v) is 4.90. The second kappa shape index (κ2) is 5.14. The Morgan fingerprint density at radius 3 is 2.46 bits per heavy atom. The van der Waals surface area contributed by atoms with Crippen molar-refractivity contribution in [3.05, 3.63) is 22.6 Å². The molecule has 1 saturated heterocycles. The number of morpholine rings is 1. The average Bonchev–Trinajstić information content (AvgIpc) is 2.15. The Balaban J connectivity index is 2.60. The minimum atomic E-state index is 0.579. The SMILES string of the molecule is N/C=C(\C=C(/N)Br)N1CCOCC1. The lowest BCUT2D eigenvalue weighted by Gasteiger charge is -2.29. The van der Waals surface area contributed by atoms with Crippen LogP contribution in [0.4, 0.5) is 0 Å². The second-order valence-electron chi connectivity index (χ2n) is 2.72. The molecule has 0 saturated carbocycles. The molecule has 1 heterocycles. The summed E-state index contributed by atoms with van der Waals surface area (Å²) < 4.78 is 5.81. The normalized spacial score (nSPS) is 20.5. The van der Waals surface area contributed by atoms with E-state index in [0.717, 1.165) is 32.0 Å². The maximum absolute atomic E-state index is 5.50. The summed E-state index contributed by atoms with van der Waals surface area (Å²) in [7, 11) is 0. The maximum Gasteiger partial charge on any atom is 0.0775 e. The van der Waals surface area contributed by atoms with Crippen LogP contribution in [0, 0.1) is 0 Å². The van der Waals surface area contributed by atoms with Gasteiger partial charge in [0.05, 0.1) is 23.5 Å². The zero-order valence-corrected chi connectivity index (χ0v) is 8.96. The van der Waals surface area contributed by atoms with Crippen LogP contribution in [0.2, 0.25) is 0 Å². The number of hydrogen-bond acceptors (Lipinski definition) is 4. The molecule has 0 radical (unpaired) electrons. The van der Waals surface area contributed by atoms with Gasteiger partial charge in [0.25, 0.3) is 0 Å². The Hall–Kier alpha value is -0.680. The number of ether oxygens (including phenoxy) is 1. The molecule has 5 heteroatoms. The lowest BCUT2D eigenvalue weighted by molar-refractivity contribution is 0.0553. The van der Waals surface area contributed by atoms with Crippen molar-refractivity contribution < 1.29 is 4.74 Å². The molecule has 0 amide bonds. The number of rotatable bonds is 2. The summed E-state index contributed by atoms with van der Waals surface area (Å²) in [6, 6.07) is 0. The van der Waals surface area contributed by atoms with Crippen molar-refractivity contribution in [1.82, 2.24) is 4.90 Å². The lowest BCUT2D eigenvalue weighted by Crippen LogP contribution is -2.35. The molecular formula is C8H14BrN3O. The molecular weight excluding hydrogens is 234 g/mol. The number of hydrogen-bond donors (Lipinski definition) is 2. The van der Waals surface area contributed by atoms with Crippen LogP contribution < -0.4 is 11.5 Å². The van der Waals surface area contributed by atoms with Crippen molar-refractivity contribution >= 4 is 15.9 Å². The average molecular weight is 248 g/mol. The molecule has 1 aliphatic heterocycles. The Bertz CT molecular complexity index is 217. The molecule has 0 aromatic rings. The fraction of sp³-hybridized carbons (Fsp3) is 0.500. The molecule has 0 aromatic heterocycles. The van der Waals surface area contributed by atoms with E-state index in [1.165, 1.54) is 0 Å². The van der Waals surface area contributed by atoms with Gasteiger partial charge in [-0.25, -0.2) is 0 Å². The molecule has 1 fully saturated rings. The topological polar surface area (TPSA) is 64.5 Å². The first kappa shape index (κ1) is 10.4. The van der Waals surface area contributed by atoms with Crippen LogP contribution in [0.25, 0.3) is 0 Å². The molecule has 0 spiro atoms. The smallest absolute Gasteiger partial charge is 0.0775 e. The van der Waals surface area contributed by atoms with Gasteiger partial charge in [-0.2, -0.15) is 0 Å². The third kappa shape index (κ3) is 3.28. The Morgan fingerprint density at radius 1 is 1.38 bits per heavy atom. The molecule has 74 valence electrons. The summed E-state index contributed by atoms with van der Waals surface area (Å²) in [5.74, 6) is 0. The van der Waals surface area contributed by atoms with Gasteiger partial charge >= 0.3 is 0 Å². The van der Waals surface area contributed by atoms with E-state index in [-0.39, 0.29) is 0 Å². The van der Waals surface area contributed by atoms with E-state index in [0.29, 0.717) is 4.61 Å². The molecule has 0 bridgehead atoms. The summed E-state index contributed by atoms with van der Waals surface area (Å²) in [5, 5.41) is 0. The number of nitrogens with zero attached hydrogens (tertiary/aromatic N) is 1. The molecule has 4 nitrogen and oxygen atoms in total. The fourth-order valence-corrected chi connectivity index (χ4v) is 1.44. The number of halogens is 1. The number of allylic oxidation sites excluding steroid dienone is 1. The summed E-state index contributed by atoms with van der Waals surface area (Å²) in [5.41, 5.74) is 11.9. The van der Waals surface area contributed by atoms with E-state index >= 15 is 0 Å². The van der Waals surface area contributed by atoms with Gasteiger partial charge in [-0.3, -0.25) is 0 Å². The van der Waals surface area contributed by atoms with E-state index in [4.69, 9.17) is 16.2 Å². The third-order valence-corrected chi connectivity index (χ3v) is 2.06. The highest BCUT2D eigenvalue weighted by Gasteiger charge is 2.11. The largest absolute Gasteiger partial charge is 0.403 e. The summed E-state index contributed by atoms with van der Waals surface area (Å²) in [6.45, 7) is 3.21. The Labute approximate surface area is 86.3 Å². The Kier molecular flexibility index (Phi) is 4.11. The van der Waals surface area contributed by atoms with Gasteiger partial charge in [-0.1, -0.05) is 0 Å². The predicted octanol–water partition coefficient (Wildman–Crippen LogP) is 0.314. The van der Waals surface area contributed by atoms with Crippen LogP contribution in [0.5, 0.6) is 0 Å². The second-order valence-corrected chi connectivity index (χ2v) is 3.64. The van der Waals surface area contributed by atoms with Crippen LogP contribution >= 0.6 is 15.9 Å². The highest BCUT2D eigenvalue weighted by Crippen LogP contribution is 2.10. The summed E-state index contributed by atoms with van der Waals surface area (Å²) in [4.78, 5) is 2.14. The highest BCUT2D eigenvalue weighted by atomic mass is 79.9. The van der Waals surface area contributed by atoms with E-state index in [9.17, 15) is 0 Å². The van der Waals surface area contributed by atoms with E-state index in [1.807, 2.05) is 0 Å². The van der Waals surface area contributed by atoms with Crippen LogP contribution in [0.15, 0.2) is 22.6 Å². The van der Waals surface area contributed by atoms with Gasteiger partial charge in [0.2, 0.25) is 0 Å². The van der Waals surface area contributed by atoms with Crippen molar-refractivity contribution in [3.63, 3.8) is 0 Å². The zero-order valence-electron chi connectivity index (χ0n) is 7.37. The van der Waals surface area contributed by atoms with Crippen LogP contribution in [0.1, 0.15) is 0 Å². The molecule has 1 aliphatic rings. The van der Waals surface area contributed by atoms with E-state index < -0.39 is 0 Å². The molecule has 0 atom stereocenters. The van der Waals surface area contributed by atoms with Crippen molar-refractivity contribution in [3.8, 4) is 0 Å². The minimum Gasteiger partial charge on any atom is -0.403 e. The predicted molar refractivity (Wildman–Crippen MR) is 55.9 cm³/mol.